The highest BCUT2D eigenvalue weighted by Crippen LogP contribution is 2.27. The van der Waals surface area contributed by atoms with Crippen LogP contribution in [0.1, 0.15) is 36.9 Å². The fourth-order valence-corrected chi connectivity index (χ4v) is 3.05. The Morgan fingerprint density at radius 2 is 1.90 bits per heavy atom. The fraction of sp³-hybridized carbons (Fsp3) is 0.600. The standard InChI is InChI=1S/C15H22N4O/c1-11-13-9-12(10-20)14(16-15(13)18(2)17-11)19-7-5-3-4-6-8-19/h9,20H,3-8,10H2,1-2H3. The van der Waals surface area contributed by atoms with Crippen molar-refractivity contribution in [3.63, 3.8) is 0 Å². The van der Waals surface area contributed by atoms with Gasteiger partial charge >= 0.3 is 0 Å². The zero-order chi connectivity index (χ0) is 14.1. The van der Waals surface area contributed by atoms with Crippen molar-refractivity contribution in [2.24, 2.45) is 7.05 Å². The van der Waals surface area contributed by atoms with Crippen LogP contribution in [0.5, 0.6) is 0 Å². The summed E-state index contributed by atoms with van der Waals surface area (Å²) in [6.07, 6.45) is 4.99. The second-order valence-electron chi connectivity index (χ2n) is 5.61. The Kier molecular flexibility index (Phi) is 3.61. The van der Waals surface area contributed by atoms with Gasteiger partial charge in [-0.2, -0.15) is 5.10 Å². The molecule has 108 valence electrons. The van der Waals surface area contributed by atoms with Crippen molar-refractivity contribution in [2.45, 2.75) is 39.2 Å². The smallest absolute Gasteiger partial charge is 0.160 e. The minimum atomic E-state index is 0.0309. The van der Waals surface area contributed by atoms with Crippen molar-refractivity contribution in [1.29, 1.82) is 0 Å². The predicted molar refractivity (Wildman–Crippen MR) is 79.8 cm³/mol. The van der Waals surface area contributed by atoms with Crippen LogP contribution in [0.15, 0.2) is 6.07 Å². The Bertz CT molecular complexity index is 612. The molecule has 1 N–H and O–H groups in total. The first-order valence-electron chi connectivity index (χ1n) is 7.39. The predicted octanol–water partition coefficient (Wildman–Crippen LogP) is 2.15. The van der Waals surface area contributed by atoms with Crippen molar-refractivity contribution in [3.8, 4) is 0 Å². The number of hydrogen-bond acceptors (Lipinski definition) is 4. The zero-order valence-corrected chi connectivity index (χ0v) is 12.3. The van der Waals surface area contributed by atoms with E-state index in [1.54, 1.807) is 0 Å². The molecule has 3 heterocycles. The number of aliphatic hydroxyl groups is 1. The summed E-state index contributed by atoms with van der Waals surface area (Å²) in [5, 5.41) is 15.1. The molecule has 0 aromatic carbocycles. The van der Waals surface area contributed by atoms with Crippen LogP contribution in [0.25, 0.3) is 11.0 Å². The van der Waals surface area contributed by atoms with E-state index in [9.17, 15) is 5.11 Å². The van der Waals surface area contributed by atoms with Gasteiger partial charge < -0.3 is 10.0 Å². The Balaban J connectivity index is 2.10. The summed E-state index contributed by atoms with van der Waals surface area (Å²) in [7, 11) is 1.92. The summed E-state index contributed by atoms with van der Waals surface area (Å²) >= 11 is 0. The lowest BCUT2D eigenvalue weighted by Gasteiger charge is -2.23. The molecule has 5 heteroatoms. The molecule has 0 spiro atoms. The SMILES string of the molecule is Cc1nn(C)c2nc(N3CCCCCC3)c(CO)cc12. The molecule has 1 fully saturated rings. The molecule has 0 radical (unpaired) electrons. The van der Waals surface area contributed by atoms with Crippen LogP contribution in [-0.2, 0) is 13.7 Å². The molecule has 0 amide bonds. The van der Waals surface area contributed by atoms with E-state index in [0.717, 1.165) is 41.2 Å². The van der Waals surface area contributed by atoms with Crippen molar-refractivity contribution in [2.75, 3.05) is 18.0 Å². The molecule has 3 rings (SSSR count). The van der Waals surface area contributed by atoms with Crippen LogP contribution in [0.3, 0.4) is 0 Å². The number of aryl methyl sites for hydroxylation is 2. The fourth-order valence-electron chi connectivity index (χ4n) is 3.05. The number of rotatable bonds is 2. The highest BCUT2D eigenvalue weighted by Gasteiger charge is 2.18. The number of pyridine rings is 1. The minimum Gasteiger partial charge on any atom is -0.392 e. The minimum absolute atomic E-state index is 0.0309. The maximum absolute atomic E-state index is 9.68. The highest BCUT2D eigenvalue weighted by molar-refractivity contribution is 5.81. The number of anilines is 1. The Labute approximate surface area is 119 Å². The maximum Gasteiger partial charge on any atom is 0.160 e. The molecule has 1 aliphatic heterocycles. The van der Waals surface area contributed by atoms with Gasteiger partial charge in [0, 0.05) is 31.1 Å². The molecule has 0 bridgehead atoms. The van der Waals surface area contributed by atoms with E-state index in [2.05, 4.69) is 10.00 Å². The van der Waals surface area contributed by atoms with Gasteiger partial charge in [0.15, 0.2) is 5.65 Å². The quantitative estimate of drug-likeness (QED) is 0.911. The second-order valence-corrected chi connectivity index (χ2v) is 5.61. The summed E-state index contributed by atoms with van der Waals surface area (Å²) in [4.78, 5) is 7.12. The molecular formula is C15H22N4O. The summed E-state index contributed by atoms with van der Waals surface area (Å²) in [6.45, 7) is 4.07. The van der Waals surface area contributed by atoms with Crippen molar-refractivity contribution in [1.82, 2.24) is 14.8 Å². The summed E-state index contributed by atoms with van der Waals surface area (Å²) < 4.78 is 1.83. The topological polar surface area (TPSA) is 54.2 Å². The van der Waals surface area contributed by atoms with Gasteiger partial charge in [0.1, 0.15) is 5.82 Å². The highest BCUT2D eigenvalue weighted by atomic mass is 16.3. The van der Waals surface area contributed by atoms with Gasteiger partial charge in [0.2, 0.25) is 0 Å². The van der Waals surface area contributed by atoms with Gasteiger partial charge in [-0.05, 0) is 25.8 Å². The first-order valence-corrected chi connectivity index (χ1v) is 7.39. The van der Waals surface area contributed by atoms with Gasteiger partial charge in [0.25, 0.3) is 0 Å². The lowest BCUT2D eigenvalue weighted by atomic mass is 10.2. The third-order valence-electron chi connectivity index (χ3n) is 4.13. The lowest BCUT2D eigenvalue weighted by Crippen LogP contribution is -2.26. The molecule has 20 heavy (non-hydrogen) atoms. The van der Waals surface area contributed by atoms with E-state index in [4.69, 9.17) is 4.98 Å². The zero-order valence-electron chi connectivity index (χ0n) is 12.3. The van der Waals surface area contributed by atoms with Gasteiger partial charge in [0.05, 0.1) is 12.3 Å². The molecular weight excluding hydrogens is 252 g/mol. The molecule has 0 aliphatic carbocycles. The van der Waals surface area contributed by atoms with E-state index < -0.39 is 0 Å². The largest absolute Gasteiger partial charge is 0.392 e. The summed E-state index contributed by atoms with van der Waals surface area (Å²) in [6, 6.07) is 2.05. The Morgan fingerprint density at radius 1 is 1.20 bits per heavy atom. The van der Waals surface area contributed by atoms with Crippen LogP contribution >= 0.6 is 0 Å². The lowest BCUT2D eigenvalue weighted by molar-refractivity contribution is 0.282. The van der Waals surface area contributed by atoms with Crippen LogP contribution in [0.2, 0.25) is 0 Å². The van der Waals surface area contributed by atoms with E-state index in [1.807, 2.05) is 24.7 Å². The molecule has 5 nitrogen and oxygen atoms in total. The van der Waals surface area contributed by atoms with Crippen molar-refractivity contribution < 1.29 is 5.11 Å². The number of fused-ring (bicyclic) bond motifs is 1. The van der Waals surface area contributed by atoms with Crippen molar-refractivity contribution in [3.05, 3.63) is 17.3 Å². The molecule has 0 atom stereocenters. The van der Waals surface area contributed by atoms with Crippen molar-refractivity contribution >= 4 is 16.9 Å². The average Bonchev–Trinajstić information content (AvgIpc) is 2.66. The van der Waals surface area contributed by atoms with Gasteiger partial charge in [-0.3, -0.25) is 4.68 Å². The molecule has 0 saturated carbocycles. The number of aromatic nitrogens is 3. The average molecular weight is 274 g/mol. The second kappa shape index (κ2) is 5.40. The number of hydrogen-bond donors (Lipinski definition) is 1. The van der Waals surface area contributed by atoms with Gasteiger partial charge in [-0.25, -0.2) is 4.98 Å². The van der Waals surface area contributed by atoms with Crippen LogP contribution in [-0.4, -0.2) is 33.0 Å². The molecule has 1 aliphatic rings. The van der Waals surface area contributed by atoms with E-state index in [1.165, 1.54) is 25.7 Å². The van der Waals surface area contributed by atoms with E-state index in [-0.39, 0.29) is 6.61 Å². The van der Waals surface area contributed by atoms with E-state index in [0.29, 0.717) is 0 Å². The maximum atomic E-state index is 9.68. The summed E-state index contributed by atoms with van der Waals surface area (Å²) in [5.74, 6) is 0.935. The number of aliphatic hydroxyl groups excluding tert-OH is 1. The first kappa shape index (κ1) is 13.4. The van der Waals surface area contributed by atoms with Crippen LogP contribution in [0, 0.1) is 6.92 Å². The third kappa shape index (κ3) is 2.26. The van der Waals surface area contributed by atoms with Crippen LogP contribution < -0.4 is 4.90 Å². The molecule has 0 unspecified atom stereocenters. The molecule has 2 aromatic rings. The Morgan fingerprint density at radius 3 is 2.55 bits per heavy atom. The number of nitrogens with zero attached hydrogens (tertiary/aromatic N) is 4. The monoisotopic (exact) mass is 274 g/mol. The van der Waals surface area contributed by atoms with Gasteiger partial charge in [-0.1, -0.05) is 12.8 Å². The third-order valence-corrected chi connectivity index (χ3v) is 4.13. The summed E-state index contributed by atoms with van der Waals surface area (Å²) in [5.41, 5.74) is 2.78. The molecule has 2 aromatic heterocycles. The normalized spacial score (nSPS) is 16.6. The first-order chi connectivity index (χ1) is 9.70. The Hall–Kier alpha value is -1.62. The molecule has 1 saturated heterocycles. The van der Waals surface area contributed by atoms with Gasteiger partial charge in [-0.15, -0.1) is 0 Å². The van der Waals surface area contributed by atoms with E-state index >= 15 is 0 Å². The van der Waals surface area contributed by atoms with Crippen LogP contribution in [0.4, 0.5) is 5.82 Å².